The number of carbonyl (C=O) groups excluding carboxylic acids is 1. The van der Waals surface area contributed by atoms with Gasteiger partial charge >= 0.3 is 12.1 Å². The van der Waals surface area contributed by atoms with Gasteiger partial charge in [-0.15, -0.1) is 0 Å². The molecule has 170 valence electrons. The molecule has 1 fully saturated rings. The maximum absolute atomic E-state index is 14.0. The van der Waals surface area contributed by atoms with Gasteiger partial charge in [-0.3, -0.25) is 4.79 Å². The molecule has 4 N–H and O–H groups in total. The number of fused-ring (bicyclic) bond motifs is 1. The average Bonchev–Trinajstić information content (AvgIpc) is 3.17. The first-order valence-corrected chi connectivity index (χ1v) is 9.57. The van der Waals surface area contributed by atoms with E-state index in [4.69, 9.17) is 20.1 Å². The summed E-state index contributed by atoms with van der Waals surface area (Å²) in [5.74, 6) is -3.05. The van der Waals surface area contributed by atoms with Crippen LogP contribution in [0.3, 0.4) is 0 Å². The molecule has 4 rings (SSSR count). The van der Waals surface area contributed by atoms with E-state index in [1.54, 1.807) is 6.07 Å². The summed E-state index contributed by atoms with van der Waals surface area (Å²) in [6.07, 6.45) is -3.06. The van der Waals surface area contributed by atoms with Crippen molar-refractivity contribution in [1.82, 2.24) is 10.3 Å². The van der Waals surface area contributed by atoms with Gasteiger partial charge in [0.15, 0.2) is 11.5 Å². The van der Waals surface area contributed by atoms with Gasteiger partial charge in [-0.25, -0.2) is 14.2 Å². The monoisotopic (exact) mass is 453 g/mol. The van der Waals surface area contributed by atoms with Crippen LogP contribution in [0.25, 0.3) is 22.2 Å². The van der Waals surface area contributed by atoms with Crippen LogP contribution in [0.5, 0.6) is 0 Å². The minimum atomic E-state index is -5.08. The summed E-state index contributed by atoms with van der Waals surface area (Å²) in [5.41, 5.74) is 7.99. The van der Waals surface area contributed by atoms with Crippen molar-refractivity contribution in [2.24, 2.45) is 5.73 Å². The highest BCUT2D eigenvalue weighted by Crippen LogP contribution is 2.30. The highest BCUT2D eigenvalue weighted by molar-refractivity contribution is 5.93. The van der Waals surface area contributed by atoms with Crippen LogP contribution in [0.15, 0.2) is 40.8 Å². The van der Waals surface area contributed by atoms with E-state index in [-0.39, 0.29) is 5.56 Å². The highest BCUT2D eigenvalue weighted by Gasteiger charge is 2.38. The molecule has 1 aliphatic heterocycles. The third kappa shape index (κ3) is 5.41. The number of carboxylic acids is 1. The molecule has 0 radical (unpaired) electrons. The van der Waals surface area contributed by atoms with E-state index < -0.39 is 23.9 Å². The molecule has 2 heterocycles. The van der Waals surface area contributed by atoms with Crippen molar-refractivity contribution in [3.05, 3.63) is 53.7 Å². The Bertz CT molecular complexity index is 1140. The lowest BCUT2D eigenvalue weighted by Crippen LogP contribution is -2.26. The largest absolute Gasteiger partial charge is 0.490 e. The molecule has 32 heavy (non-hydrogen) atoms. The van der Waals surface area contributed by atoms with Gasteiger partial charge < -0.3 is 20.6 Å². The fourth-order valence-corrected chi connectivity index (χ4v) is 3.26. The lowest BCUT2D eigenvalue weighted by atomic mass is 9.98. The predicted molar refractivity (Wildman–Crippen MR) is 106 cm³/mol. The molecular weight excluding hydrogens is 434 g/mol. The van der Waals surface area contributed by atoms with Crippen molar-refractivity contribution in [3.63, 3.8) is 0 Å². The Kier molecular flexibility index (Phi) is 6.78. The van der Waals surface area contributed by atoms with Crippen LogP contribution in [0.2, 0.25) is 0 Å². The zero-order valence-corrected chi connectivity index (χ0v) is 16.6. The number of hydrogen-bond donors (Lipinski definition) is 3. The van der Waals surface area contributed by atoms with E-state index in [0.29, 0.717) is 11.5 Å². The van der Waals surface area contributed by atoms with Crippen LogP contribution in [-0.2, 0) is 4.79 Å². The molecule has 1 amide bonds. The summed E-state index contributed by atoms with van der Waals surface area (Å²) < 4.78 is 51.6. The second-order valence-electron chi connectivity index (χ2n) is 7.12. The molecule has 7 nitrogen and oxygen atoms in total. The Morgan fingerprint density at radius 2 is 1.69 bits per heavy atom. The number of halogens is 4. The van der Waals surface area contributed by atoms with Crippen molar-refractivity contribution >= 4 is 23.0 Å². The first-order valence-electron chi connectivity index (χ1n) is 9.57. The smallest absolute Gasteiger partial charge is 0.475 e. The molecular formula is C21H19F4N3O4. The van der Waals surface area contributed by atoms with Gasteiger partial charge in [0, 0.05) is 5.92 Å². The Labute approximate surface area is 179 Å². The molecule has 0 aliphatic carbocycles. The molecule has 1 saturated heterocycles. The van der Waals surface area contributed by atoms with E-state index in [1.807, 2.05) is 18.2 Å². The van der Waals surface area contributed by atoms with Crippen molar-refractivity contribution < 1.29 is 36.7 Å². The lowest BCUT2D eigenvalue weighted by molar-refractivity contribution is -0.192. The standard InChI is InChI=1S/C19H18FN3O2.C2HF3O2/c20-15-9-12(1-3-14(15)18(21)24)13-2-4-17-16(10-13)23-19(25-17)11-5-7-22-8-6-11;3-2(4,5)1(6)7/h1-4,9-11,22H,5-8H2,(H2,21,24);(H,6,7). The summed E-state index contributed by atoms with van der Waals surface area (Å²) in [5, 5.41) is 10.5. The van der Waals surface area contributed by atoms with E-state index in [9.17, 15) is 22.4 Å². The highest BCUT2D eigenvalue weighted by atomic mass is 19.4. The quantitative estimate of drug-likeness (QED) is 0.519. The maximum atomic E-state index is 14.0. The molecule has 0 saturated carbocycles. The molecule has 0 atom stereocenters. The Hall–Kier alpha value is -3.47. The topological polar surface area (TPSA) is 118 Å². The Morgan fingerprint density at radius 1 is 1.09 bits per heavy atom. The van der Waals surface area contributed by atoms with Gasteiger partial charge in [0.1, 0.15) is 11.3 Å². The molecule has 0 spiro atoms. The number of rotatable bonds is 3. The first-order chi connectivity index (χ1) is 15.1. The number of carboxylic acid groups (broad SMARTS) is 1. The SMILES string of the molecule is NC(=O)c1ccc(-c2ccc3oc(C4CCNCC4)nc3c2)cc1F.O=C(O)C(F)(F)F. The molecule has 0 unspecified atom stereocenters. The second-order valence-corrected chi connectivity index (χ2v) is 7.12. The first kappa shape index (κ1) is 23.2. The molecule has 11 heteroatoms. The molecule has 1 aromatic heterocycles. The number of nitrogens with zero attached hydrogens (tertiary/aromatic N) is 1. The number of nitrogens with one attached hydrogen (secondary N) is 1. The van der Waals surface area contributed by atoms with Gasteiger partial charge in [0.2, 0.25) is 0 Å². The summed E-state index contributed by atoms with van der Waals surface area (Å²) in [6.45, 7) is 1.94. The van der Waals surface area contributed by atoms with Crippen LogP contribution >= 0.6 is 0 Å². The number of amides is 1. The zero-order chi connectivity index (χ0) is 23.5. The van der Waals surface area contributed by atoms with Crippen LogP contribution in [-0.4, -0.2) is 41.2 Å². The molecule has 1 aliphatic rings. The number of aromatic nitrogens is 1. The minimum absolute atomic E-state index is 0.112. The summed E-state index contributed by atoms with van der Waals surface area (Å²) in [6, 6.07) is 9.98. The van der Waals surface area contributed by atoms with Crippen molar-refractivity contribution in [2.75, 3.05) is 13.1 Å². The van der Waals surface area contributed by atoms with E-state index in [0.717, 1.165) is 48.5 Å². The van der Waals surface area contributed by atoms with Gasteiger partial charge in [-0.1, -0.05) is 12.1 Å². The number of carbonyl (C=O) groups is 2. The predicted octanol–water partition coefficient (Wildman–Crippen LogP) is 3.83. The van der Waals surface area contributed by atoms with Crippen LogP contribution in [0, 0.1) is 5.82 Å². The molecule has 3 aromatic rings. The number of hydrogen-bond acceptors (Lipinski definition) is 5. The van der Waals surface area contributed by atoms with Crippen molar-refractivity contribution in [2.45, 2.75) is 24.9 Å². The third-order valence-electron chi connectivity index (χ3n) is 4.90. The number of alkyl halides is 3. The fourth-order valence-electron chi connectivity index (χ4n) is 3.26. The number of nitrogens with two attached hydrogens (primary N) is 1. The minimum Gasteiger partial charge on any atom is -0.475 e. The van der Waals surface area contributed by atoms with Gasteiger partial charge in [0.05, 0.1) is 5.56 Å². The van der Waals surface area contributed by atoms with Gasteiger partial charge in [-0.05, 0) is 61.3 Å². The summed E-state index contributed by atoms with van der Waals surface area (Å²) in [4.78, 5) is 24.7. The number of aliphatic carboxylic acids is 1. The Balaban J connectivity index is 0.000000360. The number of primary amides is 1. The van der Waals surface area contributed by atoms with Crippen LogP contribution < -0.4 is 11.1 Å². The summed E-state index contributed by atoms with van der Waals surface area (Å²) in [7, 11) is 0. The van der Waals surface area contributed by atoms with Crippen LogP contribution in [0.4, 0.5) is 17.6 Å². The normalized spacial score (nSPS) is 14.6. The lowest BCUT2D eigenvalue weighted by Gasteiger charge is -2.19. The summed E-state index contributed by atoms with van der Waals surface area (Å²) >= 11 is 0. The maximum Gasteiger partial charge on any atom is 0.490 e. The molecule has 0 bridgehead atoms. The average molecular weight is 453 g/mol. The number of piperidine rings is 1. The van der Waals surface area contributed by atoms with Crippen LogP contribution in [0.1, 0.15) is 35.0 Å². The van der Waals surface area contributed by atoms with Crippen molar-refractivity contribution in [3.8, 4) is 11.1 Å². The second kappa shape index (κ2) is 9.35. The van der Waals surface area contributed by atoms with E-state index in [2.05, 4.69) is 10.3 Å². The zero-order valence-electron chi connectivity index (χ0n) is 16.6. The fraction of sp³-hybridized carbons (Fsp3) is 0.286. The Morgan fingerprint density at radius 3 is 2.25 bits per heavy atom. The molecule has 2 aromatic carbocycles. The third-order valence-corrected chi connectivity index (χ3v) is 4.90. The van der Waals surface area contributed by atoms with E-state index >= 15 is 0 Å². The number of oxazole rings is 1. The number of benzene rings is 2. The van der Waals surface area contributed by atoms with Crippen molar-refractivity contribution in [1.29, 1.82) is 0 Å². The van der Waals surface area contributed by atoms with Gasteiger partial charge in [-0.2, -0.15) is 13.2 Å². The van der Waals surface area contributed by atoms with E-state index in [1.165, 1.54) is 12.1 Å². The van der Waals surface area contributed by atoms with Gasteiger partial charge in [0.25, 0.3) is 5.91 Å².